The molecule has 0 spiro atoms. The number of piperidine rings is 1. The van der Waals surface area contributed by atoms with E-state index in [1.807, 2.05) is 13.8 Å². The van der Waals surface area contributed by atoms with Gasteiger partial charge >= 0.3 is 0 Å². The summed E-state index contributed by atoms with van der Waals surface area (Å²) in [6.45, 7) is 7.36. The van der Waals surface area contributed by atoms with Gasteiger partial charge in [0, 0.05) is 30.7 Å². The van der Waals surface area contributed by atoms with Crippen molar-refractivity contribution < 1.29 is 17.9 Å². The van der Waals surface area contributed by atoms with E-state index in [2.05, 4.69) is 10.2 Å². The number of carbonyl (C=O) groups is 1. The largest absolute Gasteiger partial charge is 0.373 e. The number of nitrogens with one attached hydrogen (secondary N) is 1. The quantitative estimate of drug-likeness (QED) is 0.679. The zero-order chi connectivity index (χ0) is 23.5. The van der Waals surface area contributed by atoms with Crippen molar-refractivity contribution in [1.82, 2.24) is 14.5 Å². The molecule has 0 bridgehead atoms. The average Bonchev–Trinajstić information content (AvgIpc) is 2.83. The maximum atomic E-state index is 13.1. The number of ether oxygens (including phenoxy) is 1. The predicted octanol–water partition coefficient (Wildman–Crippen LogP) is 3.40. The van der Waals surface area contributed by atoms with Crippen LogP contribution in [0.4, 0.5) is 0 Å². The number of morpholine rings is 1. The molecule has 0 aromatic heterocycles. The fourth-order valence-electron chi connectivity index (χ4n) is 5.78. The van der Waals surface area contributed by atoms with Crippen LogP contribution in [-0.2, 0) is 14.8 Å². The maximum Gasteiger partial charge on any atom is 0.251 e. The van der Waals surface area contributed by atoms with E-state index in [0.29, 0.717) is 25.2 Å². The zero-order valence-electron chi connectivity index (χ0n) is 20.1. The Kier molecular flexibility index (Phi) is 7.78. The van der Waals surface area contributed by atoms with Crippen molar-refractivity contribution in [1.29, 1.82) is 0 Å². The Balaban J connectivity index is 1.41. The number of hydrogen-bond donors (Lipinski definition) is 1. The molecule has 0 radical (unpaired) electrons. The molecule has 1 amide bonds. The van der Waals surface area contributed by atoms with E-state index in [9.17, 15) is 13.2 Å². The molecule has 1 aromatic rings. The van der Waals surface area contributed by atoms with Crippen molar-refractivity contribution in [2.75, 3.05) is 32.7 Å². The van der Waals surface area contributed by atoms with Gasteiger partial charge in [-0.05, 0) is 76.9 Å². The number of hydrogen-bond acceptors (Lipinski definition) is 5. The Hall–Kier alpha value is -1.48. The molecular formula is C25H39N3O4S. The molecular weight excluding hydrogens is 438 g/mol. The highest BCUT2D eigenvalue weighted by molar-refractivity contribution is 7.89. The van der Waals surface area contributed by atoms with Gasteiger partial charge in [-0.1, -0.05) is 25.7 Å². The monoisotopic (exact) mass is 477 g/mol. The summed E-state index contributed by atoms with van der Waals surface area (Å²) in [6.07, 6.45) is 9.51. The Morgan fingerprint density at radius 1 is 0.970 bits per heavy atom. The summed E-state index contributed by atoms with van der Waals surface area (Å²) in [5.74, 6) is -0.130. The Morgan fingerprint density at radius 2 is 1.55 bits per heavy atom. The summed E-state index contributed by atoms with van der Waals surface area (Å²) in [4.78, 5) is 15.8. The summed E-state index contributed by atoms with van der Waals surface area (Å²) in [5.41, 5.74) is 0.573. The lowest BCUT2D eigenvalue weighted by molar-refractivity contribution is -0.0440. The Morgan fingerprint density at radius 3 is 2.15 bits per heavy atom. The second kappa shape index (κ2) is 10.4. The number of amides is 1. The van der Waals surface area contributed by atoms with Crippen molar-refractivity contribution in [3.05, 3.63) is 29.8 Å². The third-order valence-corrected chi connectivity index (χ3v) is 9.38. The lowest BCUT2D eigenvalue weighted by atomic mass is 9.79. The fourth-order valence-corrected chi connectivity index (χ4v) is 7.37. The lowest BCUT2D eigenvalue weighted by Crippen LogP contribution is -2.58. The van der Waals surface area contributed by atoms with Gasteiger partial charge in [0.1, 0.15) is 0 Å². The summed E-state index contributed by atoms with van der Waals surface area (Å²) in [5, 5.41) is 3.18. The van der Waals surface area contributed by atoms with Crippen LogP contribution in [-0.4, -0.2) is 74.0 Å². The van der Waals surface area contributed by atoms with E-state index in [-0.39, 0.29) is 28.5 Å². The topological polar surface area (TPSA) is 79.0 Å². The van der Waals surface area contributed by atoms with Crippen LogP contribution >= 0.6 is 0 Å². The highest BCUT2D eigenvalue weighted by atomic mass is 32.2. The van der Waals surface area contributed by atoms with Gasteiger partial charge in [-0.25, -0.2) is 8.42 Å². The molecule has 1 N–H and O–H groups in total. The summed E-state index contributed by atoms with van der Waals surface area (Å²) in [6, 6.07) is 6.36. The maximum absolute atomic E-state index is 13.1. The molecule has 1 saturated carbocycles. The molecule has 0 unspecified atom stereocenters. The van der Waals surface area contributed by atoms with Gasteiger partial charge in [-0.3, -0.25) is 9.69 Å². The van der Waals surface area contributed by atoms with E-state index in [1.165, 1.54) is 42.8 Å². The minimum absolute atomic E-state index is 0.0708. The van der Waals surface area contributed by atoms with Crippen LogP contribution < -0.4 is 5.32 Å². The Bertz CT molecular complexity index is 896. The first-order valence-corrected chi connectivity index (χ1v) is 14.0. The molecule has 4 rings (SSSR count). The normalized spacial score (nSPS) is 27.2. The van der Waals surface area contributed by atoms with Crippen molar-refractivity contribution in [2.24, 2.45) is 0 Å². The van der Waals surface area contributed by atoms with E-state index in [0.717, 1.165) is 25.9 Å². The molecule has 1 aliphatic carbocycles. The van der Waals surface area contributed by atoms with Gasteiger partial charge in [-0.15, -0.1) is 0 Å². The molecule has 2 heterocycles. The summed E-state index contributed by atoms with van der Waals surface area (Å²) >= 11 is 0. The zero-order valence-corrected chi connectivity index (χ0v) is 20.9. The van der Waals surface area contributed by atoms with Crippen LogP contribution in [0.3, 0.4) is 0 Å². The van der Waals surface area contributed by atoms with Crippen LogP contribution in [0.25, 0.3) is 0 Å². The number of benzene rings is 1. The minimum atomic E-state index is -3.61. The van der Waals surface area contributed by atoms with Gasteiger partial charge in [0.2, 0.25) is 10.0 Å². The van der Waals surface area contributed by atoms with Gasteiger partial charge in [0.15, 0.2) is 0 Å². The van der Waals surface area contributed by atoms with Crippen LogP contribution in [0.1, 0.15) is 75.6 Å². The van der Waals surface area contributed by atoms with E-state index < -0.39 is 10.0 Å². The Labute approximate surface area is 198 Å². The second-order valence-corrected chi connectivity index (χ2v) is 12.1. The number of likely N-dealkylation sites (tertiary alicyclic amines) is 1. The molecule has 3 aliphatic rings. The molecule has 2 atom stereocenters. The van der Waals surface area contributed by atoms with Gasteiger partial charge in [0.25, 0.3) is 5.91 Å². The molecule has 33 heavy (non-hydrogen) atoms. The third kappa shape index (κ3) is 5.61. The third-order valence-electron chi connectivity index (χ3n) is 7.53. The highest BCUT2D eigenvalue weighted by Gasteiger charge is 2.38. The highest BCUT2D eigenvalue weighted by Crippen LogP contribution is 2.35. The van der Waals surface area contributed by atoms with Crippen LogP contribution in [0, 0.1) is 0 Å². The first-order chi connectivity index (χ1) is 15.8. The van der Waals surface area contributed by atoms with Crippen LogP contribution in [0.15, 0.2) is 29.2 Å². The van der Waals surface area contributed by atoms with E-state index in [4.69, 9.17) is 4.74 Å². The summed E-state index contributed by atoms with van der Waals surface area (Å²) < 4.78 is 33.3. The molecule has 184 valence electrons. The summed E-state index contributed by atoms with van der Waals surface area (Å²) in [7, 11) is -3.61. The molecule has 8 heteroatoms. The molecule has 7 nitrogen and oxygen atoms in total. The van der Waals surface area contributed by atoms with Crippen LogP contribution in [0.2, 0.25) is 0 Å². The minimum Gasteiger partial charge on any atom is -0.373 e. The van der Waals surface area contributed by atoms with Gasteiger partial charge in [0.05, 0.1) is 17.1 Å². The lowest BCUT2D eigenvalue weighted by Gasteiger charge is -2.48. The molecule has 2 saturated heterocycles. The number of rotatable bonds is 6. The van der Waals surface area contributed by atoms with Crippen molar-refractivity contribution in [3.8, 4) is 0 Å². The average molecular weight is 478 g/mol. The fraction of sp³-hybridized carbons (Fsp3) is 0.720. The van der Waals surface area contributed by atoms with Crippen molar-refractivity contribution >= 4 is 15.9 Å². The number of sulfonamides is 1. The van der Waals surface area contributed by atoms with Crippen molar-refractivity contribution in [2.45, 2.75) is 87.9 Å². The predicted molar refractivity (Wildman–Crippen MR) is 129 cm³/mol. The number of carbonyl (C=O) groups excluding carboxylic acids is 1. The SMILES string of the molecule is C[C@@H]1CN(S(=O)(=O)c2ccc(C(=O)NCC3(N4CCCCC4)CCCCC3)cc2)C[C@H](C)O1. The standard InChI is InChI=1S/C25H39N3O4S/c1-20-17-28(18-21(2)32-20)33(30,31)23-11-9-22(10-12-23)24(29)26-19-25(13-5-3-6-14-25)27-15-7-4-8-16-27/h9-12,20-21H,3-8,13-19H2,1-2H3,(H,26,29)/t20-,21+. The van der Waals surface area contributed by atoms with Gasteiger partial charge < -0.3 is 10.1 Å². The van der Waals surface area contributed by atoms with Crippen molar-refractivity contribution in [3.63, 3.8) is 0 Å². The first-order valence-electron chi connectivity index (χ1n) is 12.6. The molecule has 2 aliphatic heterocycles. The van der Waals surface area contributed by atoms with Crippen LogP contribution in [0.5, 0.6) is 0 Å². The smallest absolute Gasteiger partial charge is 0.251 e. The van der Waals surface area contributed by atoms with E-state index >= 15 is 0 Å². The first kappa shape index (κ1) is 24.6. The molecule has 3 fully saturated rings. The number of nitrogens with zero attached hydrogens (tertiary/aromatic N) is 2. The van der Waals surface area contributed by atoms with Gasteiger partial charge in [-0.2, -0.15) is 4.31 Å². The van der Waals surface area contributed by atoms with E-state index in [1.54, 1.807) is 24.3 Å². The molecule has 1 aromatic carbocycles. The second-order valence-electron chi connectivity index (χ2n) is 10.1.